The first-order valence-corrected chi connectivity index (χ1v) is 7.74. The van der Waals surface area contributed by atoms with Crippen LogP contribution in [0.3, 0.4) is 0 Å². The van der Waals surface area contributed by atoms with Crippen LogP contribution in [0, 0.1) is 3.57 Å². The molecule has 0 aliphatic carbocycles. The molecule has 0 radical (unpaired) electrons. The van der Waals surface area contributed by atoms with Crippen LogP contribution in [-0.2, 0) is 9.59 Å². The van der Waals surface area contributed by atoms with Crippen LogP contribution in [0.25, 0.3) is 6.08 Å². The highest BCUT2D eigenvalue weighted by atomic mass is 127. The molecule has 0 saturated heterocycles. The molecule has 0 saturated carbocycles. The molecule has 0 fully saturated rings. The summed E-state index contributed by atoms with van der Waals surface area (Å²) in [4.78, 5) is 22.8. The highest BCUT2D eigenvalue weighted by Gasteiger charge is 2.01. The third-order valence-electron chi connectivity index (χ3n) is 2.79. The van der Waals surface area contributed by atoms with E-state index in [1.165, 1.54) is 13.0 Å². The molecule has 0 heterocycles. The zero-order valence-corrected chi connectivity index (χ0v) is 14.1. The van der Waals surface area contributed by atoms with E-state index in [0.717, 1.165) is 20.5 Å². The van der Waals surface area contributed by atoms with E-state index in [1.807, 2.05) is 36.4 Å². The van der Waals surface area contributed by atoms with Crippen LogP contribution < -0.4 is 10.6 Å². The molecule has 0 aromatic heterocycles. The number of rotatable bonds is 4. The molecule has 2 aromatic rings. The fraction of sp³-hybridized carbons (Fsp3) is 0.0588. The highest BCUT2D eigenvalue weighted by Crippen LogP contribution is 2.17. The van der Waals surface area contributed by atoms with E-state index < -0.39 is 0 Å². The lowest BCUT2D eigenvalue weighted by Crippen LogP contribution is -2.08. The smallest absolute Gasteiger partial charge is 0.248 e. The van der Waals surface area contributed by atoms with Crippen molar-refractivity contribution < 1.29 is 9.59 Å². The minimum Gasteiger partial charge on any atom is -0.326 e. The van der Waals surface area contributed by atoms with Gasteiger partial charge in [-0.2, -0.15) is 0 Å². The fourth-order valence-corrected chi connectivity index (χ4v) is 2.31. The molecule has 112 valence electrons. The first-order valence-electron chi connectivity index (χ1n) is 6.66. The summed E-state index contributed by atoms with van der Waals surface area (Å²) >= 11 is 2.17. The Bertz CT molecular complexity index is 709. The molecule has 5 heteroatoms. The van der Waals surface area contributed by atoms with Crippen molar-refractivity contribution in [3.8, 4) is 0 Å². The summed E-state index contributed by atoms with van der Waals surface area (Å²) in [7, 11) is 0. The zero-order chi connectivity index (χ0) is 15.9. The third-order valence-corrected chi connectivity index (χ3v) is 3.73. The van der Waals surface area contributed by atoms with Crippen molar-refractivity contribution in [3.05, 3.63) is 63.7 Å². The predicted molar refractivity (Wildman–Crippen MR) is 97.6 cm³/mol. The zero-order valence-electron chi connectivity index (χ0n) is 12.0. The monoisotopic (exact) mass is 406 g/mol. The summed E-state index contributed by atoms with van der Waals surface area (Å²) in [5.74, 6) is -0.296. The SMILES string of the molecule is CC(=O)Nc1ccc(/C=C/C(=O)Nc2ccccc2I)cc1. The summed E-state index contributed by atoms with van der Waals surface area (Å²) in [5.41, 5.74) is 2.40. The molecule has 2 amide bonds. The van der Waals surface area contributed by atoms with Crippen molar-refractivity contribution in [2.45, 2.75) is 6.92 Å². The van der Waals surface area contributed by atoms with Crippen LogP contribution in [0.1, 0.15) is 12.5 Å². The molecule has 0 unspecified atom stereocenters. The van der Waals surface area contributed by atoms with Gasteiger partial charge >= 0.3 is 0 Å². The summed E-state index contributed by atoms with van der Waals surface area (Å²) < 4.78 is 0.988. The average Bonchev–Trinajstić information content (AvgIpc) is 2.48. The van der Waals surface area contributed by atoms with Gasteiger partial charge in [-0.25, -0.2) is 0 Å². The van der Waals surface area contributed by atoms with Gasteiger partial charge in [0.05, 0.1) is 5.69 Å². The molecular formula is C17H15IN2O2. The number of hydrogen-bond donors (Lipinski definition) is 2. The number of carbonyl (C=O) groups excluding carboxylic acids is 2. The Hall–Kier alpha value is -2.15. The van der Waals surface area contributed by atoms with Gasteiger partial charge in [0.25, 0.3) is 0 Å². The van der Waals surface area contributed by atoms with Gasteiger partial charge in [-0.1, -0.05) is 24.3 Å². The molecule has 0 spiro atoms. The van der Waals surface area contributed by atoms with Gasteiger partial charge in [-0.3, -0.25) is 9.59 Å². The number of benzene rings is 2. The minimum absolute atomic E-state index is 0.111. The predicted octanol–water partition coefficient (Wildman–Crippen LogP) is 3.90. The Labute approximate surface area is 142 Å². The van der Waals surface area contributed by atoms with Gasteiger partial charge in [0.1, 0.15) is 0 Å². The number of halogens is 1. The standard InChI is InChI=1S/C17H15IN2O2/c1-12(21)19-14-9-6-13(7-10-14)8-11-17(22)20-16-5-3-2-4-15(16)18/h2-11H,1H3,(H,19,21)(H,20,22)/b11-8+. The Morgan fingerprint density at radius 1 is 1.00 bits per heavy atom. The van der Waals surface area contributed by atoms with E-state index in [1.54, 1.807) is 18.2 Å². The molecular weight excluding hydrogens is 391 g/mol. The van der Waals surface area contributed by atoms with E-state index in [-0.39, 0.29) is 11.8 Å². The number of anilines is 2. The van der Waals surface area contributed by atoms with Crippen LogP contribution in [-0.4, -0.2) is 11.8 Å². The molecule has 2 N–H and O–H groups in total. The van der Waals surface area contributed by atoms with Crippen molar-refractivity contribution in [2.24, 2.45) is 0 Å². The Kier molecular flexibility index (Phi) is 5.71. The summed E-state index contributed by atoms with van der Waals surface area (Å²) in [6.45, 7) is 1.46. The maximum absolute atomic E-state index is 11.9. The number of carbonyl (C=O) groups is 2. The molecule has 22 heavy (non-hydrogen) atoms. The molecule has 2 rings (SSSR count). The topological polar surface area (TPSA) is 58.2 Å². The van der Waals surface area contributed by atoms with Gasteiger partial charge in [0.15, 0.2) is 0 Å². The van der Waals surface area contributed by atoms with Crippen molar-refractivity contribution in [3.63, 3.8) is 0 Å². The van der Waals surface area contributed by atoms with Gasteiger partial charge in [0.2, 0.25) is 11.8 Å². The lowest BCUT2D eigenvalue weighted by atomic mass is 10.2. The van der Waals surface area contributed by atoms with Gasteiger partial charge < -0.3 is 10.6 Å². The van der Waals surface area contributed by atoms with Gasteiger partial charge in [-0.15, -0.1) is 0 Å². The minimum atomic E-state index is -0.185. The number of nitrogens with one attached hydrogen (secondary N) is 2. The van der Waals surface area contributed by atoms with Crippen molar-refractivity contribution in [1.29, 1.82) is 0 Å². The first-order chi connectivity index (χ1) is 10.5. The maximum Gasteiger partial charge on any atom is 0.248 e. The van der Waals surface area contributed by atoms with E-state index in [2.05, 4.69) is 33.2 Å². The van der Waals surface area contributed by atoms with Gasteiger partial charge in [-0.05, 0) is 58.5 Å². The second kappa shape index (κ2) is 7.74. The number of para-hydroxylation sites is 1. The average molecular weight is 406 g/mol. The van der Waals surface area contributed by atoms with Crippen LogP contribution >= 0.6 is 22.6 Å². The van der Waals surface area contributed by atoms with Crippen molar-refractivity contribution in [2.75, 3.05) is 10.6 Å². The summed E-state index contributed by atoms with van der Waals surface area (Å²) in [6, 6.07) is 14.8. The molecule has 0 bridgehead atoms. The summed E-state index contributed by atoms with van der Waals surface area (Å²) in [6.07, 6.45) is 3.21. The summed E-state index contributed by atoms with van der Waals surface area (Å²) in [5, 5.41) is 5.52. The van der Waals surface area contributed by atoms with Crippen LogP contribution in [0.5, 0.6) is 0 Å². The van der Waals surface area contributed by atoms with Crippen molar-refractivity contribution >= 4 is 51.9 Å². The van der Waals surface area contributed by atoms with E-state index in [4.69, 9.17) is 0 Å². The van der Waals surface area contributed by atoms with E-state index in [9.17, 15) is 9.59 Å². The maximum atomic E-state index is 11.9. The molecule has 2 aromatic carbocycles. The Balaban J connectivity index is 1.98. The second-order valence-corrected chi connectivity index (χ2v) is 5.77. The largest absolute Gasteiger partial charge is 0.326 e. The van der Waals surface area contributed by atoms with Gasteiger partial charge in [0, 0.05) is 22.3 Å². The Morgan fingerprint density at radius 2 is 1.68 bits per heavy atom. The van der Waals surface area contributed by atoms with Crippen molar-refractivity contribution in [1.82, 2.24) is 0 Å². The molecule has 4 nitrogen and oxygen atoms in total. The van der Waals surface area contributed by atoms with E-state index in [0.29, 0.717) is 0 Å². The van der Waals surface area contributed by atoms with Crippen LogP contribution in [0.2, 0.25) is 0 Å². The number of amides is 2. The van der Waals surface area contributed by atoms with Crippen LogP contribution in [0.4, 0.5) is 11.4 Å². The van der Waals surface area contributed by atoms with E-state index >= 15 is 0 Å². The Morgan fingerprint density at radius 3 is 2.32 bits per heavy atom. The molecule has 0 atom stereocenters. The first kappa shape index (κ1) is 16.2. The lowest BCUT2D eigenvalue weighted by molar-refractivity contribution is -0.114. The highest BCUT2D eigenvalue weighted by molar-refractivity contribution is 14.1. The second-order valence-electron chi connectivity index (χ2n) is 4.61. The lowest BCUT2D eigenvalue weighted by Gasteiger charge is -2.04. The molecule has 0 aliphatic rings. The number of hydrogen-bond acceptors (Lipinski definition) is 2. The normalized spacial score (nSPS) is 10.5. The van der Waals surface area contributed by atoms with Crippen LogP contribution in [0.15, 0.2) is 54.6 Å². The third kappa shape index (κ3) is 5.00. The molecule has 0 aliphatic heterocycles. The quantitative estimate of drug-likeness (QED) is 0.598. The fourth-order valence-electron chi connectivity index (χ4n) is 1.79.